The summed E-state index contributed by atoms with van der Waals surface area (Å²) >= 11 is 0. The number of fused-ring (bicyclic) bond motifs is 1. The first kappa shape index (κ1) is 18.1. The minimum absolute atomic E-state index is 0.105. The second-order valence-corrected chi connectivity index (χ2v) is 7.46. The van der Waals surface area contributed by atoms with Crippen LogP contribution in [0.25, 0.3) is 16.6 Å². The van der Waals surface area contributed by atoms with Crippen molar-refractivity contribution in [2.45, 2.75) is 33.8 Å². The average molecular weight is 376 g/mol. The highest BCUT2D eigenvalue weighted by molar-refractivity contribution is 6.30. The Morgan fingerprint density at radius 1 is 1.14 bits per heavy atom. The van der Waals surface area contributed by atoms with Gasteiger partial charge in [0.25, 0.3) is 0 Å². The summed E-state index contributed by atoms with van der Waals surface area (Å²) in [6, 6.07) is 11.6. The van der Waals surface area contributed by atoms with Gasteiger partial charge in [-0.1, -0.05) is 0 Å². The van der Waals surface area contributed by atoms with Crippen LogP contribution >= 0.6 is 0 Å². The first-order chi connectivity index (χ1) is 13.3. The molecule has 0 amide bonds. The molecule has 1 aliphatic rings. The number of amidine groups is 1. The van der Waals surface area contributed by atoms with Crippen LogP contribution < -0.4 is 9.64 Å². The van der Waals surface area contributed by atoms with E-state index in [2.05, 4.69) is 16.9 Å². The van der Waals surface area contributed by atoms with Crippen molar-refractivity contribution in [1.82, 2.24) is 9.97 Å². The summed E-state index contributed by atoms with van der Waals surface area (Å²) in [4.78, 5) is 9.62. The smallest absolute Gasteiger partial charge is 0.145 e. The number of aliphatic hydroxyl groups excluding tert-OH is 1. The van der Waals surface area contributed by atoms with Crippen LogP contribution in [0.5, 0.6) is 5.75 Å². The number of imidazole rings is 1. The summed E-state index contributed by atoms with van der Waals surface area (Å²) in [5, 5.41) is 19.2. The van der Waals surface area contributed by atoms with Crippen LogP contribution in [0.2, 0.25) is 0 Å². The highest BCUT2D eigenvalue weighted by Gasteiger charge is 2.31. The van der Waals surface area contributed by atoms with Gasteiger partial charge in [0, 0.05) is 5.69 Å². The molecular formula is C22H24N4O2. The van der Waals surface area contributed by atoms with E-state index in [1.165, 1.54) is 5.56 Å². The summed E-state index contributed by atoms with van der Waals surface area (Å²) in [7, 11) is 0. The van der Waals surface area contributed by atoms with E-state index in [1.54, 1.807) is 4.90 Å². The third-order valence-corrected chi connectivity index (χ3v) is 4.96. The number of aliphatic hydroxyl groups is 1. The third-order valence-electron chi connectivity index (χ3n) is 4.96. The Morgan fingerprint density at radius 3 is 2.50 bits per heavy atom. The molecule has 0 radical (unpaired) electrons. The Morgan fingerprint density at radius 2 is 1.82 bits per heavy atom. The Hall–Kier alpha value is -3.28. The fraction of sp³-hybridized carbons (Fsp3) is 0.273. The molecule has 0 fully saturated rings. The van der Waals surface area contributed by atoms with Gasteiger partial charge in [0.1, 0.15) is 23.2 Å². The lowest BCUT2D eigenvalue weighted by Crippen LogP contribution is -2.26. The predicted octanol–water partition coefficient (Wildman–Crippen LogP) is 4.73. The molecule has 0 bridgehead atoms. The zero-order valence-electron chi connectivity index (χ0n) is 16.5. The number of nitrogens with one attached hydrogen (secondary N) is 2. The largest absolute Gasteiger partial charge is 0.509 e. The molecular weight excluding hydrogens is 352 g/mol. The molecule has 0 saturated heterocycles. The third kappa shape index (κ3) is 3.11. The van der Waals surface area contributed by atoms with Gasteiger partial charge in [-0.3, -0.25) is 5.41 Å². The lowest BCUT2D eigenvalue weighted by atomic mass is 10.1. The molecule has 28 heavy (non-hydrogen) atoms. The standard InChI is InChI=1S/C22H24N4O2/c1-12(2)28-16-7-5-15(6-8-16)26-11-19(27)20(21(26)23)22-24-17-9-13(3)14(4)10-18(17)25-22/h5-10,12,23,27H,11H2,1-4H3,(H,24,25). The summed E-state index contributed by atoms with van der Waals surface area (Å²) in [5.41, 5.74) is 5.34. The second-order valence-electron chi connectivity index (χ2n) is 7.46. The van der Waals surface area contributed by atoms with Gasteiger partial charge in [-0.25, -0.2) is 4.98 Å². The summed E-state index contributed by atoms with van der Waals surface area (Å²) in [6.07, 6.45) is 0.105. The van der Waals surface area contributed by atoms with E-state index in [0.717, 1.165) is 28.0 Å². The van der Waals surface area contributed by atoms with Crippen LogP contribution in [-0.4, -0.2) is 33.6 Å². The number of anilines is 1. The SMILES string of the molecule is Cc1cc2nc(C3=C(O)CN(c4ccc(OC(C)C)cc4)C3=N)[nH]c2cc1C. The van der Waals surface area contributed by atoms with Crippen LogP contribution in [-0.2, 0) is 0 Å². The summed E-state index contributed by atoms with van der Waals surface area (Å²) in [5.74, 6) is 1.66. The number of nitrogens with zero attached hydrogens (tertiary/aromatic N) is 2. The molecule has 6 nitrogen and oxygen atoms in total. The van der Waals surface area contributed by atoms with E-state index < -0.39 is 0 Å². The summed E-state index contributed by atoms with van der Waals surface area (Å²) < 4.78 is 5.68. The van der Waals surface area contributed by atoms with Crippen molar-refractivity contribution in [3.8, 4) is 5.75 Å². The molecule has 3 N–H and O–H groups in total. The molecule has 0 unspecified atom stereocenters. The highest BCUT2D eigenvalue weighted by Crippen LogP contribution is 2.32. The Kier molecular flexibility index (Phi) is 4.34. The monoisotopic (exact) mass is 376 g/mol. The van der Waals surface area contributed by atoms with Crippen molar-refractivity contribution < 1.29 is 9.84 Å². The van der Waals surface area contributed by atoms with E-state index >= 15 is 0 Å². The highest BCUT2D eigenvalue weighted by atomic mass is 16.5. The van der Waals surface area contributed by atoms with Gasteiger partial charge >= 0.3 is 0 Å². The van der Waals surface area contributed by atoms with Crippen LogP contribution in [0.4, 0.5) is 5.69 Å². The van der Waals surface area contributed by atoms with Gasteiger partial charge in [0.15, 0.2) is 0 Å². The summed E-state index contributed by atoms with van der Waals surface area (Å²) in [6.45, 7) is 8.31. The maximum Gasteiger partial charge on any atom is 0.145 e. The van der Waals surface area contributed by atoms with E-state index in [9.17, 15) is 5.11 Å². The molecule has 2 heterocycles. The quantitative estimate of drug-likeness (QED) is 0.614. The van der Waals surface area contributed by atoms with E-state index in [4.69, 9.17) is 10.1 Å². The zero-order chi connectivity index (χ0) is 20.0. The lowest BCUT2D eigenvalue weighted by Gasteiger charge is -2.19. The normalized spacial score (nSPS) is 14.6. The van der Waals surface area contributed by atoms with Crippen LogP contribution in [0.15, 0.2) is 42.2 Å². The molecule has 3 aromatic rings. The van der Waals surface area contributed by atoms with E-state index in [1.807, 2.05) is 57.2 Å². The van der Waals surface area contributed by atoms with Crippen molar-refractivity contribution in [3.63, 3.8) is 0 Å². The van der Waals surface area contributed by atoms with Crippen LogP contribution in [0, 0.1) is 19.3 Å². The minimum Gasteiger partial charge on any atom is -0.509 e. The van der Waals surface area contributed by atoms with Crippen molar-refractivity contribution in [2.24, 2.45) is 0 Å². The number of aromatic amines is 1. The van der Waals surface area contributed by atoms with Gasteiger partial charge in [-0.15, -0.1) is 0 Å². The van der Waals surface area contributed by atoms with Gasteiger partial charge in [0.05, 0.1) is 29.3 Å². The minimum atomic E-state index is 0.105. The maximum atomic E-state index is 10.6. The van der Waals surface area contributed by atoms with Crippen molar-refractivity contribution in [3.05, 3.63) is 59.1 Å². The molecule has 2 aromatic carbocycles. The topological polar surface area (TPSA) is 85.2 Å². The fourth-order valence-electron chi connectivity index (χ4n) is 3.41. The second kappa shape index (κ2) is 6.71. The molecule has 0 atom stereocenters. The number of benzene rings is 2. The molecule has 1 aromatic heterocycles. The van der Waals surface area contributed by atoms with Crippen molar-refractivity contribution >= 4 is 28.1 Å². The van der Waals surface area contributed by atoms with Crippen molar-refractivity contribution in [1.29, 1.82) is 5.41 Å². The maximum absolute atomic E-state index is 10.6. The van der Waals surface area contributed by atoms with Crippen LogP contribution in [0.3, 0.4) is 0 Å². The number of aromatic nitrogens is 2. The van der Waals surface area contributed by atoms with E-state index in [0.29, 0.717) is 11.4 Å². The number of hydrogen-bond acceptors (Lipinski definition) is 4. The van der Waals surface area contributed by atoms with E-state index in [-0.39, 0.29) is 24.2 Å². The van der Waals surface area contributed by atoms with Gasteiger partial charge < -0.3 is 19.7 Å². The molecule has 1 aliphatic heterocycles. The molecule has 6 heteroatoms. The number of aryl methyl sites for hydroxylation is 2. The average Bonchev–Trinajstić information content (AvgIpc) is 3.15. The molecule has 144 valence electrons. The Balaban J connectivity index is 1.63. The van der Waals surface area contributed by atoms with Gasteiger partial charge in [-0.2, -0.15) is 0 Å². The number of ether oxygens (including phenoxy) is 1. The van der Waals surface area contributed by atoms with Gasteiger partial charge in [0.2, 0.25) is 0 Å². The Bertz CT molecular complexity index is 1050. The van der Waals surface area contributed by atoms with Crippen molar-refractivity contribution in [2.75, 3.05) is 11.4 Å². The zero-order valence-corrected chi connectivity index (χ0v) is 16.5. The fourth-order valence-corrected chi connectivity index (χ4v) is 3.41. The number of rotatable bonds is 4. The van der Waals surface area contributed by atoms with Crippen LogP contribution in [0.1, 0.15) is 30.8 Å². The first-order valence-electron chi connectivity index (χ1n) is 9.36. The first-order valence-corrected chi connectivity index (χ1v) is 9.36. The molecule has 0 saturated carbocycles. The number of hydrogen-bond donors (Lipinski definition) is 3. The number of H-pyrrole nitrogens is 1. The Labute approximate surface area is 164 Å². The molecule has 0 spiro atoms. The van der Waals surface area contributed by atoms with Gasteiger partial charge in [-0.05, 0) is 75.2 Å². The molecule has 4 rings (SSSR count). The predicted molar refractivity (Wildman–Crippen MR) is 112 cm³/mol. The lowest BCUT2D eigenvalue weighted by molar-refractivity contribution is 0.242. The molecule has 0 aliphatic carbocycles.